The summed E-state index contributed by atoms with van der Waals surface area (Å²) in [5.41, 5.74) is 0. The quantitative estimate of drug-likeness (QED) is 0.727. The van der Waals surface area contributed by atoms with Gasteiger partial charge in [0.2, 0.25) is 6.33 Å². The van der Waals surface area contributed by atoms with Crippen LogP contribution in [0.15, 0.2) is 37.4 Å². The second-order valence-electron chi connectivity index (χ2n) is 4.68. The van der Waals surface area contributed by atoms with E-state index < -0.39 is 0 Å². The van der Waals surface area contributed by atoms with E-state index in [2.05, 4.69) is 64.5 Å². The Balaban J connectivity index is 2.04. The standard InChI is InChI=1S/C13H21N4/c1-4-13(16-6-5-14-10-16)9-12(2)17-8-7-15(3)11-17/h5-8,10-13H,4,9H2,1-3H3/q+1. The smallest absolute Gasteiger partial charge is 0.243 e. The summed E-state index contributed by atoms with van der Waals surface area (Å²) in [4.78, 5) is 4.13. The van der Waals surface area contributed by atoms with Crippen LogP contribution in [-0.4, -0.2) is 14.1 Å². The lowest BCUT2D eigenvalue weighted by Crippen LogP contribution is -2.24. The Labute approximate surface area is 103 Å². The fraction of sp³-hybridized carbons (Fsp3) is 0.538. The van der Waals surface area contributed by atoms with E-state index in [-0.39, 0.29) is 0 Å². The number of hydrogen-bond acceptors (Lipinski definition) is 1. The zero-order chi connectivity index (χ0) is 12.3. The molecule has 2 rings (SSSR count). The van der Waals surface area contributed by atoms with Crippen LogP contribution in [0.1, 0.15) is 38.8 Å². The van der Waals surface area contributed by atoms with Crippen molar-refractivity contribution in [3.63, 3.8) is 0 Å². The van der Waals surface area contributed by atoms with Gasteiger partial charge < -0.3 is 4.57 Å². The lowest BCUT2D eigenvalue weighted by Gasteiger charge is -2.19. The molecular formula is C13H21N4+. The Morgan fingerprint density at radius 3 is 2.65 bits per heavy atom. The normalized spacial score (nSPS) is 14.8. The molecule has 92 valence electrons. The lowest BCUT2D eigenvalue weighted by molar-refractivity contribution is -0.671. The van der Waals surface area contributed by atoms with Gasteiger partial charge in [-0.1, -0.05) is 6.92 Å². The molecule has 0 saturated heterocycles. The van der Waals surface area contributed by atoms with Gasteiger partial charge >= 0.3 is 0 Å². The van der Waals surface area contributed by atoms with Gasteiger partial charge in [0.1, 0.15) is 12.4 Å². The van der Waals surface area contributed by atoms with Crippen LogP contribution in [-0.2, 0) is 7.05 Å². The molecular weight excluding hydrogens is 212 g/mol. The van der Waals surface area contributed by atoms with Crippen LogP contribution >= 0.6 is 0 Å². The van der Waals surface area contributed by atoms with Crippen molar-refractivity contribution in [3.05, 3.63) is 37.4 Å². The maximum Gasteiger partial charge on any atom is 0.243 e. The van der Waals surface area contributed by atoms with E-state index in [9.17, 15) is 0 Å². The van der Waals surface area contributed by atoms with E-state index in [1.807, 2.05) is 12.5 Å². The summed E-state index contributed by atoms with van der Waals surface area (Å²) in [7, 11) is 2.05. The predicted molar refractivity (Wildman–Crippen MR) is 66.5 cm³/mol. The number of hydrogen-bond donors (Lipinski definition) is 0. The Morgan fingerprint density at radius 1 is 1.29 bits per heavy atom. The average Bonchev–Trinajstić information content (AvgIpc) is 2.96. The highest BCUT2D eigenvalue weighted by molar-refractivity contribution is 4.83. The van der Waals surface area contributed by atoms with Crippen molar-refractivity contribution in [2.45, 2.75) is 38.8 Å². The van der Waals surface area contributed by atoms with Crippen molar-refractivity contribution in [3.8, 4) is 0 Å². The number of aromatic nitrogens is 4. The number of rotatable bonds is 5. The summed E-state index contributed by atoms with van der Waals surface area (Å²) in [6.45, 7) is 4.49. The van der Waals surface area contributed by atoms with Crippen LogP contribution in [0.2, 0.25) is 0 Å². The monoisotopic (exact) mass is 233 g/mol. The van der Waals surface area contributed by atoms with Gasteiger partial charge in [0.05, 0.1) is 19.4 Å². The maximum atomic E-state index is 4.13. The zero-order valence-corrected chi connectivity index (χ0v) is 10.8. The first-order chi connectivity index (χ1) is 8.20. The summed E-state index contributed by atoms with van der Waals surface area (Å²) < 4.78 is 6.55. The van der Waals surface area contributed by atoms with Crippen LogP contribution in [0, 0.1) is 0 Å². The van der Waals surface area contributed by atoms with Gasteiger partial charge in [0.15, 0.2) is 0 Å². The van der Waals surface area contributed by atoms with E-state index in [4.69, 9.17) is 0 Å². The number of nitrogens with zero attached hydrogens (tertiary/aromatic N) is 4. The molecule has 0 bridgehead atoms. The molecule has 0 radical (unpaired) electrons. The summed E-state index contributed by atoms with van der Waals surface area (Å²) >= 11 is 0. The van der Waals surface area contributed by atoms with Gasteiger partial charge in [-0.2, -0.15) is 0 Å². The molecule has 2 unspecified atom stereocenters. The molecule has 4 nitrogen and oxygen atoms in total. The SMILES string of the molecule is CCC(CC(C)n1cc[n+](C)c1)n1ccnc1. The summed E-state index contributed by atoms with van der Waals surface area (Å²) in [5, 5.41) is 0. The predicted octanol–water partition coefficient (Wildman–Crippen LogP) is 2.11. The third-order valence-corrected chi connectivity index (χ3v) is 3.33. The second-order valence-corrected chi connectivity index (χ2v) is 4.68. The van der Waals surface area contributed by atoms with Crippen molar-refractivity contribution < 1.29 is 4.57 Å². The Bertz CT molecular complexity index is 444. The third kappa shape index (κ3) is 2.75. The van der Waals surface area contributed by atoms with E-state index in [0.29, 0.717) is 12.1 Å². The molecule has 2 heterocycles. The van der Waals surface area contributed by atoms with E-state index in [1.165, 1.54) is 0 Å². The molecule has 0 amide bonds. The highest BCUT2D eigenvalue weighted by Gasteiger charge is 2.17. The first-order valence-electron chi connectivity index (χ1n) is 6.21. The largest absolute Gasteiger partial charge is 0.334 e. The van der Waals surface area contributed by atoms with Crippen molar-refractivity contribution >= 4 is 0 Å². The molecule has 0 spiro atoms. The number of imidazole rings is 2. The Kier molecular flexibility index (Phi) is 3.61. The summed E-state index contributed by atoms with van der Waals surface area (Å²) in [6.07, 6.45) is 14.4. The Morgan fingerprint density at radius 2 is 2.12 bits per heavy atom. The highest BCUT2D eigenvalue weighted by atomic mass is 15.1. The van der Waals surface area contributed by atoms with Crippen molar-refractivity contribution in [2.24, 2.45) is 7.05 Å². The molecule has 17 heavy (non-hydrogen) atoms. The van der Waals surface area contributed by atoms with Crippen LogP contribution in [0.5, 0.6) is 0 Å². The van der Waals surface area contributed by atoms with Gasteiger partial charge in [-0.25, -0.2) is 14.1 Å². The maximum absolute atomic E-state index is 4.13. The lowest BCUT2D eigenvalue weighted by atomic mass is 10.1. The van der Waals surface area contributed by atoms with Crippen LogP contribution in [0.4, 0.5) is 0 Å². The van der Waals surface area contributed by atoms with E-state index in [1.54, 1.807) is 0 Å². The first-order valence-corrected chi connectivity index (χ1v) is 6.21. The topological polar surface area (TPSA) is 26.6 Å². The summed E-state index contributed by atoms with van der Waals surface area (Å²) in [6, 6.07) is 1.03. The third-order valence-electron chi connectivity index (χ3n) is 3.33. The molecule has 0 N–H and O–H groups in total. The van der Waals surface area contributed by atoms with Crippen LogP contribution < -0.4 is 4.57 Å². The minimum Gasteiger partial charge on any atom is -0.334 e. The van der Waals surface area contributed by atoms with Gasteiger partial charge in [-0.3, -0.25) is 0 Å². The van der Waals surface area contributed by atoms with Crippen molar-refractivity contribution in [2.75, 3.05) is 0 Å². The van der Waals surface area contributed by atoms with Crippen molar-refractivity contribution in [1.82, 2.24) is 14.1 Å². The molecule has 4 heteroatoms. The fourth-order valence-corrected chi connectivity index (χ4v) is 2.23. The average molecular weight is 233 g/mol. The zero-order valence-electron chi connectivity index (χ0n) is 10.8. The molecule has 0 aliphatic heterocycles. The summed E-state index contributed by atoms with van der Waals surface area (Å²) in [5.74, 6) is 0. The van der Waals surface area contributed by atoms with Gasteiger partial charge in [0.25, 0.3) is 0 Å². The molecule has 0 fully saturated rings. The second kappa shape index (κ2) is 5.17. The van der Waals surface area contributed by atoms with Gasteiger partial charge in [-0.15, -0.1) is 0 Å². The van der Waals surface area contributed by atoms with Crippen molar-refractivity contribution in [1.29, 1.82) is 0 Å². The van der Waals surface area contributed by atoms with Crippen LogP contribution in [0.25, 0.3) is 0 Å². The number of aryl methyl sites for hydroxylation is 1. The minimum absolute atomic E-state index is 0.503. The molecule has 2 aromatic heterocycles. The van der Waals surface area contributed by atoms with Gasteiger partial charge in [-0.05, 0) is 13.3 Å². The van der Waals surface area contributed by atoms with E-state index in [0.717, 1.165) is 12.8 Å². The molecule has 0 saturated carbocycles. The minimum atomic E-state index is 0.503. The Hall–Kier alpha value is -1.58. The molecule has 0 aliphatic carbocycles. The molecule has 2 aromatic rings. The molecule has 2 atom stereocenters. The first kappa shape index (κ1) is 11.9. The molecule has 0 aliphatic rings. The fourth-order valence-electron chi connectivity index (χ4n) is 2.23. The van der Waals surface area contributed by atoms with E-state index >= 15 is 0 Å². The highest BCUT2D eigenvalue weighted by Crippen LogP contribution is 2.23. The van der Waals surface area contributed by atoms with Gasteiger partial charge in [0, 0.05) is 24.9 Å². The molecule has 0 aromatic carbocycles. The van der Waals surface area contributed by atoms with Crippen LogP contribution in [0.3, 0.4) is 0 Å².